The molecule has 28 heavy (non-hydrogen) atoms. The summed E-state index contributed by atoms with van der Waals surface area (Å²) in [6.45, 7) is 1.92. The Bertz CT molecular complexity index is 1070. The summed E-state index contributed by atoms with van der Waals surface area (Å²) >= 11 is 0. The van der Waals surface area contributed by atoms with Crippen LogP contribution in [0.2, 0.25) is 0 Å². The standard InChI is InChI=1S/C22H22FN3O2/c1-14-10-11-26-19(12-14)24-13-18(22(26)28)21(27)25-20(15-4-2-3-5-15)16-6-8-17(23)9-7-16/h6-13,15,20H,2-5H2,1H3,(H,25,27). The van der Waals surface area contributed by atoms with E-state index in [0.29, 0.717) is 5.65 Å². The summed E-state index contributed by atoms with van der Waals surface area (Å²) < 4.78 is 14.7. The molecule has 5 nitrogen and oxygen atoms in total. The van der Waals surface area contributed by atoms with Crippen molar-refractivity contribution >= 4 is 11.6 Å². The molecule has 1 aromatic carbocycles. The van der Waals surface area contributed by atoms with Gasteiger partial charge in [0.05, 0.1) is 6.04 Å². The molecular weight excluding hydrogens is 357 g/mol. The van der Waals surface area contributed by atoms with Crippen LogP contribution in [0, 0.1) is 18.7 Å². The first-order valence-electron chi connectivity index (χ1n) is 9.57. The van der Waals surface area contributed by atoms with E-state index in [4.69, 9.17) is 0 Å². The fourth-order valence-corrected chi connectivity index (χ4v) is 3.99. The van der Waals surface area contributed by atoms with Gasteiger partial charge in [0.25, 0.3) is 11.5 Å². The summed E-state index contributed by atoms with van der Waals surface area (Å²) in [5, 5.41) is 3.01. The molecule has 0 bridgehead atoms. The van der Waals surface area contributed by atoms with E-state index in [-0.39, 0.29) is 23.3 Å². The van der Waals surface area contributed by atoms with Gasteiger partial charge in [0.15, 0.2) is 0 Å². The van der Waals surface area contributed by atoms with Crippen LogP contribution in [0.4, 0.5) is 4.39 Å². The van der Waals surface area contributed by atoms with Crippen LogP contribution in [-0.2, 0) is 0 Å². The van der Waals surface area contributed by atoms with Gasteiger partial charge in [-0.3, -0.25) is 14.0 Å². The van der Waals surface area contributed by atoms with Gasteiger partial charge < -0.3 is 5.32 Å². The quantitative estimate of drug-likeness (QED) is 0.750. The number of carbonyl (C=O) groups is 1. The number of hydrogen-bond donors (Lipinski definition) is 1. The SMILES string of the molecule is Cc1ccn2c(=O)c(C(=O)NC(c3ccc(F)cc3)C3CCCC3)cnc2c1. The third-order valence-electron chi connectivity index (χ3n) is 5.50. The highest BCUT2D eigenvalue weighted by molar-refractivity contribution is 5.94. The maximum absolute atomic E-state index is 13.3. The fraction of sp³-hybridized carbons (Fsp3) is 0.318. The van der Waals surface area contributed by atoms with E-state index in [1.807, 2.05) is 6.92 Å². The van der Waals surface area contributed by atoms with E-state index in [0.717, 1.165) is 36.8 Å². The smallest absolute Gasteiger partial charge is 0.270 e. The summed E-state index contributed by atoms with van der Waals surface area (Å²) in [6.07, 6.45) is 7.18. The fourth-order valence-electron chi connectivity index (χ4n) is 3.99. The van der Waals surface area contributed by atoms with E-state index in [1.54, 1.807) is 30.5 Å². The van der Waals surface area contributed by atoms with Crippen LogP contribution in [-0.4, -0.2) is 15.3 Å². The highest BCUT2D eigenvalue weighted by Crippen LogP contribution is 2.35. The average molecular weight is 379 g/mol. The number of fused-ring (bicyclic) bond motifs is 1. The van der Waals surface area contributed by atoms with Crippen LogP contribution in [0.3, 0.4) is 0 Å². The molecule has 3 aromatic rings. The van der Waals surface area contributed by atoms with Crippen molar-refractivity contribution in [1.29, 1.82) is 0 Å². The Labute approximate surface area is 162 Å². The number of pyridine rings is 1. The summed E-state index contributed by atoms with van der Waals surface area (Å²) in [4.78, 5) is 30.0. The van der Waals surface area contributed by atoms with Gasteiger partial charge in [-0.2, -0.15) is 0 Å². The zero-order valence-corrected chi connectivity index (χ0v) is 15.7. The van der Waals surface area contributed by atoms with Gasteiger partial charge in [0, 0.05) is 12.4 Å². The van der Waals surface area contributed by atoms with Crippen LogP contribution in [0.15, 0.2) is 53.6 Å². The highest BCUT2D eigenvalue weighted by Gasteiger charge is 2.29. The maximum atomic E-state index is 13.3. The molecule has 4 rings (SSSR count). The lowest BCUT2D eigenvalue weighted by Gasteiger charge is -2.25. The second kappa shape index (κ2) is 7.54. The lowest BCUT2D eigenvalue weighted by molar-refractivity contribution is 0.0919. The normalized spacial score (nSPS) is 15.6. The van der Waals surface area contributed by atoms with Crippen LogP contribution < -0.4 is 10.9 Å². The Balaban J connectivity index is 1.67. The van der Waals surface area contributed by atoms with E-state index in [2.05, 4.69) is 10.3 Å². The third kappa shape index (κ3) is 3.54. The van der Waals surface area contributed by atoms with Crippen LogP contribution >= 0.6 is 0 Å². The monoisotopic (exact) mass is 379 g/mol. The number of aromatic nitrogens is 2. The molecule has 144 valence electrons. The molecule has 0 spiro atoms. The Morgan fingerprint density at radius 3 is 2.64 bits per heavy atom. The lowest BCUT2D eigenvalue weighted by atomic mass is 9.91. The highest BCUT2D eigenvalue weighted by atomic mass is 19.1. The number of hydrogen-bond acceptors (Lipinski definition) is 3. The molecule has 1 atom stereocenters. The van der Waals surface area contributed by atoms with Crippen LogP contribution in [0.1, 0.15) is 53.2 Å². The first kappa shape index (κ1) is 18.3. The molecule has 0 aliphatic heterocycles. The van der Waals surface area contributed by atoms with Crippen LogP contribution in [0.5, 0.6) is 0 Å². The van der Waals surface area contributed by atoms with Crippen molar-refractivity contribution in [3.63, 3.8) is 0 Å². The van der Waals surface area contributed by atoms with E-state index in [9.17, 15) is 14.0 Å². The van der Waals surface area contributed by atoms with Crippen molar-refractivity contribution in [2.24, 2.45) is 5.92 Å². The lowest BCUT2D eigenvalue weighted by Crippen LogP contribution is -2.36. The number of aryl methyl sites for hydroxylation is 1. The average Bonchev–Trinajstić information content (AvgIpc) is 3.21. The third-order valence-corrected chi connectivity index (χ3v) is 5.50. The molecule has 0 radical (unpaired) electrons. The van der Waals surface area contributed by atoms with Gasteiger partial charge >= 0.3 is 0 Å². The second-order valence-corrected chi connectivity index (χ2v) is 7.46. The molecular formula is C22H22FN3O2. The number of amides is 1. The van der Waals surface area contributed by atoms with Crippen LogP contribution in [0.25, 0.3) is 5.65 Å². The van der Waals surface area contributed by atoms with Crippen molar-refractivity contribution in [2.75, 3.05) is 0 Å². The summed E-state index contributed by atoms with van der Waals surface area (Å²) in [6, 6.07) is 9.55. The van der Waals surface area contributed by atoms with Gasteiger partial charge in [0.1, 0.15) is 17.0 Å². The Hall–Kier alpha value is -3.02. The predicted octanol–water partition coefficient (Wildman–Crippen LogP) is 3.80. The zero-order valence-electron chi connectivity index (χ0n) is 15.7. The van der Waals surface area contributed by atoms with Crippen molar-refractivity contribution < 1.29 is 9.18 Å². The number of carbonyl (C=O) groups excluding carboxylic acids is 1. The molecule has 1 N–H and O–H groups in total. The van der Waals surface area contributed by atoms with Crippen molar-refractivity contribution in [3.05, 3.63) is 81.7 Å². The molecule has 1 aliphatic carbocycles. The molecule has 6 heteroatoms. The molecule has 1 amide bonds. The Morgan fingerprint density at radius 1 is 1.21 bits per heavy atom. The van der Waals surface area contributed by atoms with Gasteiger partial charge in [0.2, 0.25) is 0 Å². The van der Waals surface area contributed by atoms with E-state index >= 15 is 0 Å². The van der Waals surface area contributed by atoms with Gasteiger partial charge in [-0.25, -0.2) is 9.37 Å². The Morgan fingerprint density at radius 2 is 1.93 bits per heavy atom. The van der Waals surface area contributed by atoms with Crippen molar-refractivity contribution in [3.8, 4) is 0 Å². The van der Waals surface area contributed by atoms with E-state index < -0.39 is 11.5 Å². The minimum Gasteiger partial charge on any atom is -0.345 e. The van der Waals surface area contributed by atoms with Crippen molar-refractivity contribution in [1.82, 2.24) is 14.7 Å². The minimum absolute atomic E-state index is 0.00598. The molecule has 1 unspecified atom stereocenters. The topological polar surface area (TPSA) is 63.5 Å². The molecule has 1 fully saturated rings. The summed E-state index contributed by atoms with van der Waals surface area (Å²) in [5.41, 5.74) is 1.96. The molecule has 2 heterocycles. The number of halogens is 1. The first-order valence-corrected chi connectivity index (χ1v) is 9.57. The number of nitrogens with zero attached hydrogens (tertiary/aromatic N) is 2. The van der Waals surface area contributed by atoms with Gasteiger partial charge in [-0.15, -0.1) is 0 Å². The summed E-state index contributed by atoms with van der Waals surface area (Å²) in [7, 11) is 0. The molecule has 0 saturated heterocycles. The number of nitrogens with one attached hydrogen (secondary N) is 1. The van der Waals surface area contributed by atoms with Crippen molar-refractivity contribution in [2.45, 2.75) is 38.6 Å². The molecule has 1 aliphatic rings. The summed E-state index contributed by atoms with van der Waals surface area (Å²) in [5.74, 6) is -0.491. The second-order valence-electron chi connectivity index (χ2n) is 7.46. The predicted molar refractivity (Wildman–Crippen MR) is 105 cm³/mol. The molecule has 2 aromatic heterocycles. The van der Waals surface area contributed by atoms with Gasteiger partial charge in [-0.05, 0) is 61.1 Å². The maximum Gasteiger partial charge on any atom is 0.270 e. The number of benzene rings is 1. The largest absolute Gasteiger partial charge is 0.345 e. The molecule has 1 saturated carbocycles. The van der Waals surface area contributed by atoms with Gasteiger partial charge in [-0.1, -0.05) is 25.0 Å². The number of rotatable bonds is 4. The first-order chi connectivity index (χ1) is 13.5. The Kier molecular flexibility index (Phi) is 4.94. The van der Waals surface area contributed by atoms with E-state index in [1.165, 1.54) is 22.7 Å². The minimum atomic E-state index is -0.450. The zero-order chi connectivity index (χ0) is 19.7.